The van der Waals surface area contributed by atoms with E-state index in [1.165, 1.54) is 6.42 Å². The number of amides is 1. The van der Waals surface area contributed by atoms with E-state index in [1.807, 2.05) is 19.1 Å². The molecule has 1 N–H and O–H groups in total. The van der Waals surface area contributed by atoms with Gasteiger partial charge in [0.15, 0.2) is 0 Å². The van der Waals surface area contributed by atoms with Crippen LogP contribution in [0.15, 0.2) is 22.7 Å². The Labute approximate surface area is 128 Å². The molecule has 2 rings (SSSR count). The molecule has 0 heterocycles. The molecule has 1 aromatic rings. The zero-order valence-electron chi connectivity index (χ0n) is 11.7. The molecule has 0 radical (unpaired) electrons. The van der Waals surface area contributed by atoms with Crippen molar-refractivity contribution in [1.29, 1.82) is 5.26 Å². The fourth-order valence-electron chi connectivity index (χ4n) is 2.80. The van der Waals surface area contributed by atoms with Crippen LogP contribution in [0.5, 0.6) is 0 Å². The second kappa shape index (κ2) is 6.90. The number of rotatable bonds is 3. The molecule has 1 aliphatic carbocycles. The maximum Gasteiger partial charge on any atom is 0.252 e. The van der Waals surface area contributed by atoms with E-state index in [1.54, 1.807) is 6.07 Å². The predicted octanol–water partition coefficient (Wildman–Crippen LogP) is 3.96. The summed E-state index contributed by atoms with van der Waals surface area (Å²) in [5.74, 6) is 0.145. The monoisotopic (exact) mass is 334 g/mol. The number of nitrogens with zero attached hydrogens (tertiary/aromatic N) is 1. The molecule has 0 spiro atoms. The van der Waals surface area contributed by atoms with Crippen LogP contribution in [-0.2, 0) is 0 Å². The third-order valence-electron chi connectivity index (χ3n) is 4.06. The van der Waals surface area contributed by atoms with E-state index in [4.69, 9.17) is 0 Å². The maximum atomic E-state index is 12.3. The summed E-state index contributed by atoms with van der Waals surface area (Å²) in [5.41, 5.74) is 1.54. The van der Waals surface area contributed by atoms with Crippen LogP contribution in [0.1, 0.15) is 48.0 Å². The molecule has 1 aromatic carbocycles. The van der Waals surface area contributed by atoms with Crippen molar-refractivity contribution in [2.75, 3.05) is 0 Å². The Morgan fingerprint density at radius 3 is 2.75 bits per heavy atom. The first-order valence-electron chi connectivity index (χ1n) is 7.09. The van der Waals surface area contributed by atoms with Crippen LogP contribution in [0, 0.1) is 24.2 Å². The van der Waals surface area contributed by atoms with Crippen molar-refractivity contribution in [3.05, 3.63) is 33.8 Å². The number of nitriles is 1. The van der Waals surface area contributed by atoms with E-state index in [2.05, 4.69) is 27.3 Å². The van der Waals surface area contributed by atoms with Crippen LogP contribution in [-0.4, -0.2) is 11.9 Å². The van der Waals surface area contributed by atoms with Gasteiger partial charge in [0.25, 0.3) is 5.91 Å². The minimum Gasteiger partial charge on any atom is -0.336 e. The standard InChI is InChI=1S/C16H19BrN2O/c1-11-13(8-5-9-14(11)17)16(20)19-15(10-18)12-6-3-2-4-7-12/h5,8-9,12,15H,2-4,6-7H2,1H3,(H,19,20). The van der Waals surface area contributed by atoms with Gasteiger partial charge in [-0.15, -0.1) is 0 Å². The summed E-state index contributed by atoms with van der Waals surface area (Å²) >= 11 is 3.43. The lowest BCUT2D eigenvalue weighted by Crippen LogP contribution is -2.40. The first-order valence-corrected chi connectivity index (χ1v) is 7.88. The van der Waals surface area contributed by atoms with Gasteiger partial charge in [0.2, 0.25) is 0 Å². The fourth-order valence-corrected chi connectivity index (χ4v) is 3.16. The second-order valence-corrected chi connectivity index (χ2v) is 6.25. The van der Waals surface area contributed by atoms with Crippen molar-refractivity contribution in [1.82, 2.24) is 5.32 Å². The Morgan fingerprint density at radius 1 is 1.40 bits per heavy atom. The Bertz CT molecular complexity index is 530. The van der Waals surface area contributed by atoms with E-state index >= 15 is 0 Å². The van der Waals surface area contributed by atoms with Gasteiger partial charge >= 0.3 is 0 Å². The largest absolute Gasteiger partial charge is 0.336 e. The van der Waals surface area contributed by atoms with E-state index < -0.39 is 0 Å². The lowest BCUT2D eigenvalue weighted by atomic mass is 9.84. The zero-order chi connectivity index (χ0) is 14.5. The van der Waals surface area contributed by atoms with E-state index in [-0.39, 0.29) is 11.9 Å². The van der Waals surface area contributed by atoms with E-state index in [9.17, 15) is 10.1 Å². The minimum atomic E-state index is -0.374. The third kappa shape index (κ3) is 3.40. The van der Waals surface area contributed by atoms with Gasteiger partial charge in [0.1, 0.15) is 6.04 Å². The molecule has 4 heteroatoms. The highest BCUT2D eigenvalue weighted by atomic mass is 79.9. The summed E-state index contributed by atoms with van der Waals surface area (Å²) in [4.78, 5) is 12.3. The third-order valence-corrected chi connectivity index (χ3v) is 4.92. The minimum absolute atomic E-state index is 0.152. The number of carbonyl (C=O) groups excluding carboxylic acids is 1. The number of nitrogens with one attached hydrogen (secondary N) is 1. The highest BCUT2D eigenvalue weighted by Gasteiger charge is 2.25. The predicted molar refractivity (Wildman–Crippen MR) is 82.3 cm³/mol. The van der Waals surface area contributed by atoms with Crippen molar-refractivity contribution in [2.24, 2.45) is 5.92 Å². The normalized spacial score (nSPS) is 17.2. The molecule has 1 unspecified atom stereocenters. The molecule has 20 heavy (non-hydrogen) atoms. The van der Waals surface area contributed by atoms with Crippen LogP contribution >= 0.6 is 15.9 Å². The summed E-state index contributed by atoms with van der Waals surface area (Å²) in [6.07, 6.45) is 5.64. The Morgan fingerprint density at radius 2 is 2.10 bits per heavy atom. The molecular formula is C16H19BrN2O. The van der Waals surface area contributed by atoms with Gasteiger partial charge in [0.05, 0.1) is 6.07 Å². The Kier molecular flexibility index (Phi) is 5.19. The molecule has 1 aliphatic rings. The number of hydrogen-bond donors (Lipinski definition) is 1. The molecule has 0 bridgehead atoms. The molecule has 1 amide bonds. The van der Waals surface area contributed by atoms with Crippen LogP contribution in [0.3, 0.4) is 0 Å². The summed E-state index contributed by atoms with van der Waals surface area (Å²) in [6.45, 7) is 1.90. The molecule has 1 fully saturated rings. The van der Waals surface area contributed by atoms with Crippen LogP contribution in [0.4, 0.5) is 0 Å². The fraction of sp³-hybridized carbons (Fsp3) is 0.500. The van der Waals surface area contributed by atoms with Gasteiger partial charge in [-0.3, -0.25) is 4.79 Å². The number of benzene rings is 1. The van der Waals surface area contributed by atoms with E-state index in [0.29, 0.717) is 11.5 Å². The summed E-state index contributed by atoms with van der Waals surface area (Å²) < 4.78 is 0.913. The number of halogens is 1. The molecule has 3 nitrogen and oxygen atoms in total. The highest BCUT2D eigenvalue weighted by Crippen LogP contribution is 2.27. The second-order valence-electron chi connectivity index (χ2n) is 5.39. The first kappa shape index (κ1) is 15.1. The number of hydrogen-bond acceptors (Lipinski definition) is 2. The van der Waals surface area contributed by atoms with Crippen molar-refractivity contribution >= 4 is 21.8 Å². The molecule has 1 saturated carbocycles. The van der Waals surface area contributed by atoms with Gasteiger partial charge in [0, 0.05) is 10.0 Å². The maximum absolute atomic E-state index is 12.3. The molecule has 0 aromatic heterocycles. The smallest absolute Gasteiger partial charge is 0.252 e. The summed E-state index contributed by atoms with van der Waals surface area (Å²) in [5, 5.41) is 12.2. The average molecular weight is 335 g/mol. The van der Waals surface area contributed by atoms with Gasteiger partial charge in [-0.05, 0) is 43.4 Å². The van der Waals surface area contributed by atoms with Gasteiger partial charge in [-0.2, -0.15) is 5.26 Å². The van der Waals surface area contributed by atoms with E-state index in [0.717, 1.165) is 35.7 Å². The molecule has 1 atom stereocenters. The average Bonchev–Trinajstić information content (AvgIpc) is 2.48. The first-order chi connectivity index (χ1) is 9.63. The molecular weight excluding hydrogens is 316 g/mol. The van der Waals surface area contributed by atoms with Gasteiger partial charge in [-0.1, -0.05) is 41.3 Å². The quantitative estimate of drug-likeness (QED) is 0.909. The molecule has 106 valence electrons. The summed E-state index contributed by atoms with van der Waals surface area (Å²) in [6, 6.07) is 7.44. The lowest BCUT2D eigenvalue weighted by Gasteiger charge is -2.26. The highest BCUT2D eigenvalue weighted by molar-refractivity contribution is 9.10. The molecule has 0 aliphatic heterocycles. The zero-order valence-corrected chi connectivity index (χ0v) is 13.2. The van der Waals surface area contributed by atoms with Gasteiger partial charge < -0.3 is 5.32 Å². The SMILES string of the molecule is Cc1c(Br)cccc1C(=O)NC(C#N)C1CCCCC1. The van der Waals surface area contributed by atoms with Crippen LogP contribution < -0.4 is 5.32 Å². The van der Waals surface area contributed by atoms with Crippen LogP contribution in [0.25, 0.3) is 0 Å². The van der Waals surface area contributed by atoms with Crippen LogP contribution in [0.2, 0.25) is 0 Å². The Hall–Kier alpha value is -1.34. The van der Waals surface area contributed by atoms with Crippen molar-refractivity contribution in [3.63, 3.8) is 0 Å². The van der Waals surface area contributed by atoms with Crippen molar-refractivity contribution in [2.45, 2.75) is 45.1 Å². The Balaban J connectivity index is 2.09. The topological polar surface area (TPSA) is 52.9 Å². The van der Waals surface area contributed by atoms with Crippen molar-refractivity contribution in [3.8, 4) is 6.07 Å². The van der Waals surface area contributed by atoms with Crippen molar-refractivity contribution < 1.29 is 4.79 Å². The number of carbonyl (C=O) groups is 1. The summed E-state index contributed by atoms with van der Waals surface area (Å²) in [7, 11) is 0. The molecule has 0 saturated heterocycles. The van der Waals surface area contributed by atoms with Gasteiger partial charge in [-0.25, -0.2) is 0 Å². The lowest BCUT2D eigenvalue weighted by molar-refractivity contribution is 0.0928.